The second-order valence-electron chi connectivity index (χ2n) is 8.27. The second kappa shape index (κ2) is 10.1. The van der Waals surface area contributed by atoms with Gasteiger partial charge in [-0.2, -0.15) is 0 Å². The second-order valence-corrected chi connectivity index (χ2v) is 8.27. The molecule has 6 nitrogen and oxygen atoms in total. The number of fused-ring (bicyclic) bond motifs is 1. The molecule has 33 heavy (non-hydrogen) atoms. The van der Waals surface area contributed by atoms with Gasteiger partial charge in [0.15, 0.2) is 0 Å². The van der Waals surface area contributed by atoms with E-state index in [4.69, 9.17) is 4.74 Å². The quantitative estimate of drug-likeness (QED) is 0.549. The molecule has 2 amide bonds. The van der Waals surface area contributed by atoms with E-state index in [1.54, 1.807) is 22.8 Å². The van der Waals surface area contributed by atoms with Crippen LogP contribution in [0.25, 0.3) is 10.9 Å². The zero-order valence-electron chi connectivity index (χ0n) is 19.2. The van der Waals surface area contributed by atoms with E-state index in [1.165, 1.54) is 12.1 Å². The Morgan fingerprint density at radius 3 is 2.42 bits per heavy atom. The van der Waals surface area contributed by atoms with Gasteiger partial charge in [-0.05, 0) is 43.2 Å². The average Bonchev–Trinajstić information content (AvgIpc) is 3.21. The highest BCUT2D eigenvalue weighted by atomic mass is 19.1. The number of para-hydroxylation sites is 1. The first kappa shape index (κ1) is 22.8. The highest BCUT2D eigenvalue weighted by Crippen LogP contribution is 2.35. The first-order valence-corrected chi connectivity index (χ1v) is 11.5. The van der Waals surface area contributed by atoms with Crippen molar-refractivity contribution >= 4 is 22.9 Å². The fourth-order valence-corrected chi connectivity index (χ4v) is 4.60. The topological polar surface area (TPSA) is 54.8 Å². The molecule has 0 bridgehead atoms. The number of halogens is 1. The van der Waals surface area contributed by atoms with Crippen molar-refractivity contribution in [2.45, 2.75) is 32.7 Å². The largest absolute Gasteiger partial charge is 0.450 e. The molecule has 7 heteroatoms. The smallest absolute Gasteiger partial charge is 0.409 e. The summed E-state index contributed by atoms with van der Waals surface area (Å²) in [6, 6.07) is 14.7. The van der Waals surface area contributed by atoms with E-state index in [0.717, 1.165) is 28.6 Å². The predicted octanol–water partition coefficient (Wildman–Crippen LogP) is 4.62. The number of carbonyl (C=O) groups excluding carboxylic acids is 2. The third-order valence-electron chi connectivity index (χ3n) is 6.32. The number of piperazine rings is 1. The van der Waals surface area contributed by atoms with Gasteiger partial charge in [-0.25, -0.2) is 9.18 Å². The summed E-state index contributed by atoms with van der Waals surface area (Å²) in [7, 11) is 0. The number of amides is 2. The van der Waals surface area contributed by atoms with Crippen LogP contribution in [0.15, 0.2) is 54.7 Å². The molecule has 0 N–H and O–H groups in total. The van der Waals surface area contributed by atoms with Gasteiger partial charge in [0, 0.05) is 62.2 Å². The molecule has 3 aromatic rings. The number of hydrogen-bond donors (Lipinski definition) is 0. The van der Waals surface area contributed by atoms with Crippen molar-refractivity contribution in [2.24, 2.45) is 0 Å². The van der Waals surface area contributed by atoms with Gasteiger partial charge in [-0.1, -0.05) is 30.3 Å². The van der Waals surface area contributed by atoms with E-state index in [2.05, 4.69) is 29.8 Å². The molecule has 1 atom stereocenters. The number of hydrogen-bond acceptors (Lipinski definition) is 3. The van der Waals surface area contributed by atoms with Gasteiger partial charge < -0.3 is 19.1 Å². The molecule has 1 unspecified atom stereocenters. The molecule has 1 aliphatic rings. The molecular weight excluding hydrogens is 421 g/mol. The number of nitrogens with zero attached hydrogens (tertiary/aromatic N) is 3. The van der Waals surface area contributed by atoms with Crippen molar-refractivity contribution in [3.63, 3.8) is 0 Å². The highest BCUT2D eigenvalue weighted by molar-refractivity contribution is 5.86. The molecule has 174 valence electrons. The lowest BCUT2D eigenvalue weighted by molar-refractivity contribution is -0.133. The molecule has 2 aromatic carbocycles. The zero-order valence-corrected chi connectivity index (χ0v) is 19.2. The summed E-state index contributed by atoms with van der Waals surface area (Å²) in [4.78, 5) is 28.7. The molecule has 4 rings (SSSR count). The minimum Gasteiger partial charge on any atom is -0.450 e. The number of benzene rings is 2. The van der Waals surface area contributed by atoms with E-state index in [0.29, 0.717) is 32.8 Å². The van der Waals surface area contributed by atoms with Crippen LogP contribution in [0.4, 0.5) is 9.18 Å². The number of rotatable bonds is 6. The number of aromatic nitrogens is 1. The van der Waals surface area contributed by atoms with Crippen LogP contribution in [0, 0.1) is 5.82 Å². The highest BCUT2D eigenvalue weighted by Gasteiger charge is 2.29. The number of aryl methyl sites for hydroxylation is 1. The van der Waals surface area contributed by atoms with Crippen LogP contribution in [0.2, 0.25) is 0 Å². The fraction of sp³-hybridized carbons (Fsp3) is 0.385. The van der Waals surface area contributed by atoms with Crippen molar-refractivity contribution in [2.75, 3.05) is 32.8 Å². The summed E-state index contributed by atoms with van der Waals surface area (Å²) >= 11 is 0. The lowest BCUT2D eigenvalue weighted by Gasteiger charge is -2.34. The summed E-state index contributed by atoms with van der Waals surface area (Å²) in [5.74, 6) is -0.581. The van der Waals surface area contributed by atoms with Crippen LogP contribution in [-0.2, 0) is 16.1 Å². The molecule has 1 fully saturated rings. The summed E-state index contributed by atoms with van der Waals surface area (Å²) < 4.78 is 21.4. The molecule has 0 saturated carbocycles. The third kappa shape index (κ3) is 4.87. The van der Waals surface area contributed by atoms with Gasteiger partial charge >= 0.3 is 6.09 Å². The van der Waals surface area contributed by atoms with Crippen LogP contribution in [0.5, 0.6) is 0 Å². The van der Waals surface area contributed by atoms with Crippen LogP contribution in [0.3, 0.4) is 0 Å². The van der Waals surface area contributed by atoms with E-state index in [-0.39, 0.29) is 30.2 Å². The summed E-state index contributed by atoms with van der Waals surface area (Å²) in [5.41, 5.74) is 2.91. The first-order chi connectivity index (χ1) is 16.0. The van der Waals surface area contributed by atoms with E-state index in [9.17, 15) is 14.0 Å². The van der Waals surface area contributed by atoms with Gasteiger partial charge in [0.05, 0.1) is 6.61 Å². The molecule has 0 radical (unpaired) electrons. The van der Waals surface area contributed by atoms with Gasteiger partial charge in [0.25, 0.3) is 0 Å². The Morgan fingerprint density at radius 1 is 1.00 bits per heavy atom. The molecule has 1 aliphatic heterocycles. The van der Waals surface area contributed by atoms with Crippen LogP contribution >= 0.6 is 0 Å². The molecule has 0 aliphatic carbocycles. The van der Waals surface area contributed by atoms with E-state index < -0.39 is 0 Å². The predicted molar refractivity (Wildman–Crippen MR) is 126 cm³/mol. The molecular formula is C26H30FN3O3. The van der Waals surface area contributed by atoms with Crippen LogP contribution in [0.1, 0.15) is 37.3 Å². The van der Waals surface area contributed by atoms with Crippen molar-refractivity contribution in [3.8, 4) is 0 Å². The Hall–Kier alpha value is -3.35. The standard InChI is InChI=1S/C26H30FN3O3/c1-3-28-18-23(21-10-5-6-11-24(21)28)22(19-8-7-9-20(27)16-19)17-25(31)29-12-14-30(15-13-29)26(32)33-4-2/h5-11,16,18,22H,3-4,12-15,17H2,1-2H3. The number of ether oxygens (including phenoxy) is 1. The summed E-state index contributed by atoms with van der Waals surface area (Å²) in [5, 5.41) is 1.08. The maximum atomic E-state index is 14.2. The SMILES string of the molecule is CCOC(=O)N1CCN(C(=O)CC(c2cccc(F)c2)c2cn(CC)c3ccccc23)CC1. The minimum atomic E-state index is -0.338. The lowest BCUT2D eigenvalue weighted by Crippen LogP contribution is -2.50. The van der Waals surface area contributed by atoms with Crippen molar-refractivity contribution in [1.29, 1.82) is 0 Å². The fourth-order valence-electron chi connectivity index (χ4n) is 4.60. The Labute approximate surface area is 193 Å². The number of carbonyl (C=O) groups is 2. The Balaban J connectivity index is 1.60. The zero-order chi connectivity index (χ0) is 23.4. The molecule has 1 aromatic heterocycles. The van der Waals surface area contributed by atoms with Crippen LogP contribution in [-0.4, -0.2) is 59.2 Å². The maximum Gasteiger partial charge on any atom is 0.409 e. The lowest BCUT2D eigenvalue weighted by atomic mass is 9.87. The van der Waals surface area contributed by atoms with E-state index in [1.807, 2.05) is 18.2 Å². The van der Waals surface area contributed by atoms with E-state index >= 15 is 0 Å². The van der Waals surface area contributed by atoms with Crippen molar-refractivity contribution in [1.82, 2.24) is 14.4 Å². The maximum absolute atomic E-state index is 14.2. The minimum absolute atomic E-state index is 0.00102. The normalized spacial score (nSPS) is 15.0. The summed E-state index contributed by atoms with van der Waals surface area (Å²) in [6.45, 7) is 6.82. The van der Waals surface area contributed by atoms with Gasteiger partial charge in [-0.15, -0.1) is 0 Å². The van der Waals surface area contributed by atoms with Crippen molar-refractivity contribution < 1.29 is 18.7 Å². The molecule has 1 saturated heterocycles. The van der Waals surface area contributed by atoms with Gasteiger partial charge in [-0.3, -0.25) is 4.79 Å². The third-order valence-corrected chi connectivity index (χ3v) is 6.32. The monoisotopic (exact) mass is 451 g/mol. The average molecular weight is 452 g/mol. The first-order valence-electron chi connectivity index (χ1n) is 11.5. The van der Waals surface area contributed by atoms with Crippen molar-refractivity contribution in [3.05, 3.63) is 71.7 Å². The summed E-state index contributed by atoms with van der Waals surface area (Å²) in [6.07, 6.45) is 1.99. The Kier molecular flexibility index (Phi) is 6.96. The Bertz CT molecular complexity index is 1130. The van der Waals surface area contributed by atoms with Crippen LogP contribution < -0.4 is 0 Å². The van der Waals surface area contributed by atoms with Gasteiger partial charge in [0.2, 0.25) is 5.91 Å². The molecule has 0 spiro atoms. The molecule has 2 heterocycles. The van der Waals surface area contributed by atoms with Gasteiger partial charge in [0.1, 0.15) is 5.82 Å². The Morgan fingerprint density at radius 2 is 1.73 bits per heavy atom.